The van der Waals surface area contributed by atoms with E-state index in [1.54, 1.807) is 19.0 Å². The quantitative estimate of drug-likeness (QED) is 0.334. The first-order valence-electron chi connectivity index (χ1n) is 9.84. The third kappa shape index (κ3) is 6.29. The number of amides is 1. The Labute approximate surface area is 183 Å². The predicted molar refractivity (Wildman–Crippen MR) is 118 cm³/mol. The van der Waals surface area contributed by atoms with Gasteiger partial charge in [0.15, 0.2) is 11.8 Å². The molecule has 2 aliphatic heterocycles. The molecule has 1 saturated heterocycles. The highest BCUT2D eigenvalue weighted by atomic mass is 127. The molecule has 0 bridgehead atoms. The lowest BCUT2D eigenvalue weighted by Crippen LogP contribution is -2.49. The molecule has 1 aromatic rings. The van der Waals surface area contributed by atoms with Gasteiger partial charge < -0.3 is 20.3 Å². The van der Waals surface area contributed by atoms with Crippen LogP contribution in [0, 0.1) is 0 Å². The molecule has 28 heavy (non-hydrogen) atoms. The number of halogens is 1. The molecule has 0 saturated carbocycles. The number of aryl methyl sites for hydroxylation is 2. The Hall–Kier alpha value is -1.43. The Balaban J connectivity index is 0.00000280. The number of fused-ring (bicyclic) bond motifs is 1. The highest BCUT2D eigenvalue weighted by molar-refractivity contribution is 14.0. The number of aliphatic imine (C=N–C) groups is 1. The molecule has 158 valence electrons. The van der Waals surface area contributed by atoms with E-state index in [0.29, 0.717) is 12.5 Å². The van der Waals surface area contributed by atoms with E-state index in [2.05, 4.69) is 32.6 Å². The maximum absolute atomic E-state index is 11.9. The molecule has 2 N–H and O–H groups in total. The molecule has 3 rings (SSSR count). The maximum Gasteiger partial charge on any atom is 0.243 e. The second kappa shape index (κ2) is 10.9. The van der Waals surface area contributed by atoms with Crippen molar-refractivity contribution in [2.24, 2.45) is 4.99 Å². The Kier molecular flexibility index (Phi) is 8.93. The van der Waals surface area contributed by atoms with Gasteiger partial charge in [0, 0.05) is 46.1 Å². The van der Waals surface area contributed by atoms with E-state index < -0.39 is 0 Å². The summed E-state index contributed by atoms with van der Waals surface area (Å²) >= 11 is 0. The molecule has 0 spiro atoms. The van der Waals surface area contributed by atoms with Crippen LogP contribution in [-0.4, -0.2) is 77.5 Å². The number of likely N-dealkylation sites (N-methyl/N-ethyl adjacent to an activating group) is 1. The van der Waals surface area contributed by atoms with E-state index in [9.17, 15) is 4.79 Å². The molecule has 0 aromatic carbocycles. The number of hydrogen-bond acceptors (Lipinski definition) is 5. The number of carbonyl (C=O) groups is 1. The lowest BCUT2D eigenvalue weighted by Gasteiger charge is -2.26. The molecular formula is C18H32IN7O2. The summed E-state index contributed by atoms with van der Waals surface area (Å²) in [7, 11) is 3.48. The van der Waals surface area contributed by atoms with Gasteiger partial charge in [0.1, 0.15) is 12.4 Å². The largest absolute Gasteiger partial charge is 0.376 e. The molecular weight excluding hydrogens is 473 g/mol. The number of carbonyl (C=O) groups excluding carboxylic acids is 1. The molecule has 10 heteroatoms. The maximum atomic E-state index is 11.9. The first-order chi connectivity index (χ1) is 13.0. The average Bonchev–Trinajstić information content (AvgIpc) is 3.32. The SMILES string of the molecule is CCc1nc2n(n1)CC(NC(=NCC(=O)N(C)C)NCC1CCCO1)CC2.I. The van der Waals surface area contributed by atoms with E-state index in [4.69, 9.17) is 4.74 Å². The summed E-state index contributed by atoms with van der Waals surface area (Å²) in [4.78, 5) is 22.5. The van der Waals surface area contributed by atoms with Crippen molar-refractivity contribution in [3.05, 3.63) is 11.6 Å². The Bertz CT molecular complexity index is 671. The van der Waals surface area contributed by atoms with Gasteiger partial charge in [0.25, 0.3) is 0 Å². The molecule has 9 nitrogen and oxygen atoms in total. The van der Waals surface area contributed by atoms with Crippen molar-refractivity contribution in [1.29, 1.82) is 0 Å². The number of ether oxygens (including phenoxy) is 1. The van der Waals surface area contributed by atoms with E-state index in [-0.39, 0.29) is 48.6 Å². The molecule has 2 atom stereocenters. The molecule has 0 aliphatic carbocycles. The lowest BCUT2D eigenvalue weighted by molar-refractivity contribution is -0.127. The zero-order valence-electron chi connectivity index (χ0n) is 17.0. The summed E-state index contributed by atoms with van der Waals surface area (Å²) in [6.45, 7) is 4.46. The molecule has 1 aromatic heterocycles. The fourth-order valence-electron chi connectivity index (χ4n) is 3.28. The molecule has 1 fully saturated rings. The predicted octanol–water partition coefficient (Wildman–Crippen LogP) is 0.576. The van der Waals surface area contributed by atoms with Crippen molar-refractivity contribution in [3.8, 4) is 0 Å². The third-order valence-electron chi connectivity index (χ3n) is 4.95. The number of nitrogens with one attached hydrogen (secondary N) is 2. The van der Waals surface area contributed by atoms with Gasteiger partial charge in [-0.1, -0.05) is 6.92 Å². The monoisotopic (exact) mass is 505 g/mol. The van der Waals surface area contributed by atoms with Crippen LogP contribution in [0.25, 0.3) is 0 Å². The fourth-order valence-corrected chi connectivity index (χ4v) is 3.28. The van der Waals surface area contributed by atoms with Gasteiger partial charge >= 0.3 is 0 Å². The zero-order chi connectivity index (χ0) is 19.2. The average molecular weight is 505 g/mol. The second-order valence-electron chi connectivity index (χ2n) is 7.33. The summed E-state index contributed by atoms with van der Waals surface area (Å²) in [5.41, 5.74) is 0. The van der Waals surface area contributed by atoms with E-state index in [1.165, 1.54) is 0 Å². The van der Waals surface area contributed by atoms with Crippen molar-refractivity contribution < 1.29 is 9.53 Å². The number of nitrogens with zero attached hydrogens (tertiary/aromatic N) is 5. The molecule has 2 unspecified atom stereocenters. The van der Waals surface area contributed by atoms with Gasteiger partial charge in [-0.25, -0.2) is 14.7 Å². The van der Waals surface area contributed by atoms with Gasteiger partial charge in [-0.2, -0.15) is 5.10 Å². The Morgan fingerprint density at radius 3 is 2.89 bits per heavy atom. The summed E-state index contributed by atoms with van der Waals surface area (Å²) in [5, 5.41) is 11.4. The second-order valence-corrected chi connectivity index (χ2v) is 7.33. The van der Waals surface area contributed by atoms with Gasteiger partial charge in [-0.05, 0) is 19.3 Å². The summed E-state index contributed by atoms with van der Waals surface area (Å²) < 4.78 is 7.66. The standard InChI is InChI=1S/C18H31N7O2.HI/c1-4-15-22-16-8-7-13(12-25(16)23-15)21-18(20-11-17(26)24(2)3)19-10-14-6-5-9-27-14;/h13-14H,4-12H2,1-3H3,(H2,19,20,21);1H. The van der Waals surface area contributed by atoms with Crippen LogP contribution in [0.4, 0.5) is 0 Å². The van der Waals surface area contributed by atoms with Crippen molar-refractivity contribution in [2.75, 3.05) is 33.8 Å². The summed E-state index contributed by atoms with van der Waals surface area (Å²) in [5.74, 6) is 2.58. The van der Waals surface area contributed by atoms with Crippen LogP contribution in [0.3, 0.4) is 0 Å². The van der Waals surface area contributed by atoms with Crippen LogP contribution in [0.2, 0.25) is 0 Å². The zero-order valence-corrected chi connectivity index (χ0v) is 19.3. The highest BCUT2D eigenvalue weighted by Crippen LogP contribution is 2.14. The van der Waals surface area contributed by atoms with Crippen LogP contribution in [0.15, 0.2) is 4.99 Å². The summed E-state index contributed by atoms with van der Waals surface area (Å²) in [6.07, 6.45) is 5.07. The van der Waals surface area contributed by atoms with Crippen LogP contribution in [0.1, 0.15) is 37.8 Å². The van der Waals surface area contributed by atoms with Gasteiger partial charge in [-0.3, -0.25) is 4.79 Å². The van der Waals surface area contributed by atoms with E-state index in [1.807, 2.05) is 4.68 Å². The number of rotatable bonds is 6. The normalized spacial score (nSPS) is 21.6. The van der Waals surface area contributed by atoms with Crippen LogP contribution in [-0.2, 0) is 28.9 Å². The number of aromatic nitrogens is 3. The molecule has 3 heterocycles. The van der Waals surface area contributed by atoms with Crippen LogP contribution < -0.4 is 10.6 Å². The van der Waals surface area contributed by atoms with Gasteiger partial charge in [0.05, 0.1) is 12.6 Å². The third-order valence-corrected chi connectivity index (χ3v) is 4.95. The van der Waals surface area contributed by atoms with E-state index in [0.717, 1.165) is 56.9 Å². The number of hydrogen-bond donors (Lipinski definition) is 2. The van der Waals surface area contributed by atoms with Gasteiger partial charge in [0.2, 0.25) is 5.91 Å². The highest BCUT2D eigenvalue weighted by Gasteiger charge is 2.23. The van der Waals surface area contributed by atoms with Crippen molar-refractivity contribution in [3.63, 3.8) is 0 Å². The fraction of sp³-hybridized carbons (Fsp3) is 0.778. The minimum Gasteiger partial charge on any atom is -0.376 e. The summed E-state index contributed by atoms with van der Waals surface area (Å²) in [6, 6.07) is 0.203. The minimum absolute atomic E-state index is 0. The topological polar surface area (TPSA) is 96.7 Å². The number of guanidine groups is 1. The molecule has 2 aliphatic rings. The van der Waals surface area contributed by atoms with Crippen molar-refractivity contribution in [1.82, 2.24) is 30.3 Å². The Morgan fingerprint density at radius 1 is 1.39 bits per heavy atom. The van der Waals surface area contributed by atoms with Crippen molar-refractivity contribution >= 4 is 35.8 Å². The van der Waals surface area contributed by atoms with Crippen molar-refractivity contribution in [2.45, 2.75) is 57.7 Å². The van der Waals surface area contributed by atoms with Crippen LogP contribution in [0.5, 0.6) is 0 Å². The Morgan fingerprint density at radius 2 is 2.21 bits per heavy atom. The minimum atomic E-state index is -0.0250. The molecule has 0 radical (unpaired) electrons. The first kappa shape index (κ1) is 22.9. The lowest BCUT2D eigenvalue weighted by atomic mass is 10.1. The molecule has 1 amide bonds. The smallest absolute Gasteiger partial charge is 0.243 e. The van der Waals surface area contributed by atoms with Gasteiger partial charge in [-0.15, -0.1) is 24.0 Å². The van der Waals surface area contributed by atoms with Crippen LogP contribution >= 0.6 is 24.0 Å². The van der Waals surface area contributed by atoms with E-state index >= 15 is 0 Å². The first-order valence-corrected chi connectivity index (χ1v) is 9.84.